The molecule has 0 spiro atoms. The lowest BCUT2D eigenvalue weighted by Crippen LogP contribution is -2.34. The zero-order chi connectivity index (χ0) is 10.1. The van der Waals surface area contributed by atoms with Gasteiger partial charge in [-0.25, -0.2) is 0 Å². The van der Waals surface area contributed by atoms with Crippen LogP contribution in [0.5, 0.6) is 0 Å². The lowest BCUT2D eigenvalue weighted by molar-refractivity contribution is 0.693. The predicted octanol–water partition coefficient (Wildman–Crippen LogP) is 2.16. The summed E-state index contributed by atoms with van der Waals surface area (Å²) in [5.74, 6) is 0. The van der Waals surface area contributed by atoms with Crippen molar-refractivity contribution in [2.45, 2.75) is 19.4 Å². The van der Waals surface area contributed by atoms with Crippen molar-refractivity contribution < 1.29 is 0 Å². The van der Waals surface area contributed by atoms with E-state index in [1.807, 2.05) is 0 Å². The summed E-state index contributed by atoms with van der Waals surface area (Å²) in [7, 11) is 0. The third-order valence-corrected chi connectivity index (χ3v) is 3.19. The minimum atomic E-state index is 0.230. The summed E-state index contributed by atoms with van der Waals surface area (Å²) in [5, 5.41) is 0. The molecule has 0 fully saturated rings. The van der Waals surface area contributed by atoms with Gasteiger partial charge < -0.3 is 10.6 Å². The minimum absolute atomic E-state index is 0.230. The van der Waals surface area contributed by atoms with E-state index >= 15 is 0 Å². The molecule has 2 nitrogen and oxygen atoms in total. The largest absolute Gasteiger partial charge is 0.369 e. The van der Waals surface area contributed by atoms with Gasteiger partial charge in [-0.05, 0) is 40.9 Å². The van der Waals surface area contributed by atoms with E-state index in [0.29, 0.717) is 0 Å². The molecule has 1 atom stereocenters. The number of nitrogens with two attached hydrogens (primary N) is 1. The first-order chi connectivity index (χ1) is 6.68. The molecule has 1 aliphatic heterocycles. The SMILES string of the molecule is C[C@@H](N)CN1CCc2cccc(Br)c21. The average Bonchev–Trinajstić information content (AvgIpc) is 2.49. The van der Waals surface area contributed by atoms with E-state index in [9.17, 15) is 0 Å². The number of nitrogens with zero attached hydrogens (tertiary/aromatic N) is 1. The van der Waals surface area contributed by atoms with Crippen molar-refractivity contribution in [1.29, 1.82) is 0 Å². The first-order valence-electron chi connectivity index (χ1n) is 4.96. The summed E-state index contributed by atoms with van der Waals surface area (Å²) >= 11 is 3.60. The number of benzene rings is 1. The van der Waals surface area contributed by atoms with Crippen molar-refractivity contribution in [2.24, 2.45) is 5.73 Å². The van der Waals surface area contributed by atoms with E-state index in [1.54, 1.807) is 0 Å². The maximum Gasteiger partial charge on any atom is 0.0544 e. The number of hydrogen-bond donors (Lipinski definition) is 1. The summed E-state index contributed by atoms with van der Waals surface area (Å²) in [6.45, 7) is 4.09. The molecular weight excluding hydrogens is 240 g/mol. The number of anilines is 1. The summed E-state index contributed by atoms with van der Waals surface area (Å²) < 4.78 is 1.19. The molecule has 3 heteroatoms. The third-order valence-electron chi connectivity index (χ3n) is 2.55. The number of rotatable bonds is 2. The van der Waals surface area contributed by atoms with Crippen molar-refractivity contribution in [3.05, 3.63) is 28.2 Å². The second-order valence-corrected chi connectivity index (χ2v) is 4.78. The molecule has 1 heterocycles. The molecule has 0 aliphatic carbocycles. The van der Waals surface area contributed by atoms with Gasteiger partial charge in [-0.15, -0.1) is 0 Å². The fraction of sp³-hybridized carbons (Fsp3) is 0.455. The first kappa shape index (κ1) is 9.99. The molecule has 14 heavy (non-hydrogen) atoms. The predicted molar refractivity (Wildman–Crippen MR) is 63.7 cm³/mol. The smallest absolute Gasteiger partial charge is 0.0544 e. The molecule has 1 aromatic rings. The van der Waals surface area contributed by atoms with Crippen molar-refractivity contribution in [2.75, 3.05) is 18.0 Å². The van der Waals surface area contributed by atoms with Crippen molar-refractivity contribution in [3.63, 3.8) is 0 Å². The van der Waals surface area contributed by atoms with E-state index in [2.05, 4.69) is 46.0 Å². The molecule has 0 saturated heterocycles. The van der Waals surface area contributed by atoms with Crippen LogP contribution in [0.15, 0.2) is 22.7 Å². The summed E-state index contributed by atoms with van der Waals surface area (Å²) in [6, 6.07) is 6.62. The lowest BCUT2D eigenvalue weighted by Gasteiger charge is -2.22. The van der Waals surface area contributed by atoms with Gasteiger partial charge in [-0.1, -0.05) is 12.1 Å². The second kappa shape index (κ2) is 3.91. The van der Waals surface area contributed by atoms with Crippen LogP contribution in [-0.2, 0) is 6.42 Å². The van der Waals surface area contributed by atoms with Crippen LogP contribution >= 0.6 is 15.9 Å². The molecule has 0 bridgehead atoms. The highest BCUT2D eigenvalue weighted by atomic mass is 79.9. The highest BCUT2D eigenvalue weighted by Crippen LogP contribution is 2.34. The Morgan fingerprint density at radius 1 is 1.57 bits per heavy atom. The highest BCUT2D eigenvalue weighted by Gasteiger charge is 2.21. The van der Waals surface area contributed by atoms with Crippen LogP contribution in [0.4, 0.5) is 5.69 Å². The molecule has 1 aliphatic rings. The third kappa shape index (κ3) is 1.79. The average molecular weight is 255 g/mol. The van der Waals surface area contributed by atoms with Crippen LogP contribution in [0.3, 0.4) is 0 Å². The van der Waals surface area contributed by atoms with Crippen LogP contribution in [0.25, 0.3) is 0 Å². The molecule has 0 unspecified atom stereocenters. The van der Waals surface area contributed by atoms with E-state index < -0.39 is 0 Å². The maximum absolute atomic E-state index is 5.82. The van der Waals surface area contributed by atoms with Gasteiger partial charge in [0, 0.05) is 23.6 Å². The Morgan fingerprint density at radius 2 is 2.36 bits per heavy atom. The van der Waals surface area contributed by atoms with Gasteiger partial charge in [-0.3, -0.25) is 0 Å². The van der Waals surface area contributed by atoms with Crippen LogP contribution in [-0.4, -0.2) is 19.1 Å². The number of para-hydroxylation sites is 1. The zero-order valence-corrected chi connectivity index (χ0v) is 9.92. The highest BCUT2D eigenvalue weighted by molar-refractivity contribution is 9.10. The van der Waals surface area contributed by atoms with Crippen LogP contribution in [0.2, 0.25) is 0 Å². The van der Waals surface area contributed by atoms with Crippen molar-refractivity contribution in [3.8, 4) is 0 Å². The number of hydrogen-bond acceptors (Lipinski definition) is 2. The van der Waals surface area contributed by atoms with Gasteiger partial charge in [0.2, 0.25) is 0 Å². The molecule has 2 rings (SSSR count). The molecule has 2 N–H and O–H groups in total. The lowest BCUT2D eigenvalue weighted by atomic mass is 10.2. The molecule has 76 valence electrons. The van der Waals surface area contributed by atoms with Gasteiger partial charge in [0.05, 0.1) is 5.69 Å². The Balaban J connectivity index is 2.29. The quantitative estimate of drug-likeness (QED) is 0.877. The van der Waals surface area contributed by atoms with Crippen molar-refractivity contribution >= 4 is 21.6 Å². The van der Waals surface area contributed by atoms with E-state index in [-0.39, 0.29) is 6.04 Å². The summed E-state index contributed by atoms with van der Waals surface area (Å²) in [6.07, 6.45) is 1.14. The molecular formula is C11H15BrN2. The Morgan fingerprint density at radius 3 is 3.07 bits per heavy atom. The fourth-order valence-electron chi connectivity index (χ4n) is 2.01. The minimum Gasteiger partial charge on any atom is -0.369 e. The van der Waals surface area contributed by atoms with Gasteiger partial charge in [0.25, 0.3) is 0 Å². The normalized spacial score (nSPS) is 16.9. The second-order valence-electron chi connectivity index (χ2n) is 3.92. The van der Waals surface area contributed by atoms with Gasteiger partial charge >= 0.3 is 0 Å². The maximum atomic E-state index is 5.82. The molecule has 1 aromatic carbocycles. The van der Waals surface area contributed by atoms with E-state index in [0.717, 1.165) is 19.5 Å². The Kier molecular flexibility index (Phi) is 2.79. The van der Waals surface area contributed by atoms with Crippen LogP contribution in [0.1, 0.15) is 12.5 Å². The fourth-order valence-corrected chi connectivity index (χ4v) is 2.67. The standard InChI is InChI=1S/C11H15BrN2/c1-8(13)7-14-6-5-9-3-2-4-10(12)11(9)14/h2-4,8H,5-7,13H2,1H3/t8-/m1/s1. The zero-order valence-electron chi connectivity index (χ0n) is 8.33. The molecule has 0 radical (unpaired) electrons. The summed E-state index contributed by atoms with van der Waals surface area (Å²) in [4.78, 5) is 2.37. The van der Waals surface area contributed by atoms with Crippen LogP contribution < -0.4 is 10.6 Å². The molecule has 0 aromatic heterocycles. The Labute approximate surface area is 93.2 Å². The van der Waals surface area contributed by atoms with Crippen LogP contribution in [0, 0.1) is 0 Å². The summed E-state index contributed by atoms with van der Waals surface area (Å²) in [5.41, 5.74) is 8.59. The van der Waals surface area contributed by atoms with E-state index in [1.165, 1.54) is 15.7 Å². The molecule has 0 amide bonds. The topological polar surface area (TPSA) is 29.3 Å². The van der Waals surface area contributed by atoms with E-state index in [4.69, 9.17) is 5.73 Å². The van der Waals surface area contributed by atoms with Gasteiger partial charge in [0.15, 0.2) is 0 Å². The number of halogens is 1. The van der Waals surface area contributed by atoms with Crippen molar-refractivity contribution in [1.82, 2.24) is 0 Å². The van der Waals surface area contributed by atoms with Gasteiger partial charge in [-0.2, -0.15) is 0 Å². The monoisotopic (exact) mass is 254 g/mol. The van der Waals surface area contributed by atoms with Gasteiger partial charge in [0.1, 0.15) is 0 Å². The Hall–Kier alpha value is -0.540. The Bertz CT molecular complexity index is 336. The molecule has 0 saturated carbocycles. The number of fused-ring (bicyclic) bond motifs is 1. The first-order valence-corrected chi connectivity index (χ1v) is 5.75.